The largest absolute Gasteiger partial charge is 0.440 e. The van der Waals surface area contributed by atoms with Crippen molar-refractivity contribution in [1.82, 2.24) is 4.57 Å². The van der Waals surface area contributed by atoms with E-state index in [0.717, 1.165) is 39.3 Å². The molecule has 0 spiro atoms. The highest BCUT2D eigenvalue weighted by molar-refractivity contribution is 6.10. The van der Waals surface area contributed by atoms with Crippen molar-refractivity contribution in [3.63, 3.8) is 0 Å². The molecule has 8 rings (SSSR count). The van der Waals surface area contributed by atoms with Gasteiger partial charge in [0.1, 0.15) is 0 Å². The summed E-state index contributed by atoms with van der Waals surface area (Å²) >= 11 is 0. The zero-order valence-corrected chi connectivity index (χ0v) is 21.7. The number of rotatable bonds is 4. The number of fused-ring (bicyclic) bond motifs is 4. The van der Waals surface area contributed by atoms with Gasteiger partial charge in [-0.05, 0) is 41.5 Å². The van der Waals surface area contributed by atoms with Crippen molar-refractivity contribution in [3.8, 4) is 28.3 Å². The van der Waals surface area contributed by atoms with E-state index in [1.807, 2.05) is 42.5 Å². The van der Waals surface area contributed by atoms with E-state index in [1.165, 1.54) is 21.9 Å². The standard InChI is InChI=1S/C37H25NO2/c1-4-12-26(13-5-1)27-20-22-34-32(24-27)31-18-10-11-19-33(31)38(34)30-21-23-35-36(25-30)40-37(39-35,28-14-6-2-7-15-28)29-16-8-3-9-17-29/h1-25H. The second kappa shape index (κ2) is 8.89. The van der Waals surface area contributed by atoms with Gasteiger partial charge >= 0.3 is 5.79 Å². The Hall–Kier alpha value is -5.28. The third-order valence-corrected chi connectivity index (χ3v) is 7.78. The number of aromatic nitrogens is 1. The maximum Gasteiger partial charge on any atom is 0.305 e. The maximum absolute atomic E-state index is 6.77. The molecule has 0 N–H and O–H groups in total. The number of benzene rings is 6. The van der Waals surface area contributed by atoms with Gasteiger partial charge in [0.05, 0.1) is 16.7 Å². The summed E-state index contributed by atoms with van der Waals surface area (Å²) in [6.07, 6.45) is 0. The lowest BCUT2D eigenvalue weighted by Gasteiger charge is -2.28. The Morgan fingerprint density at radius 1 is 0.425 bits per heavy atom. The molecule has 0 atom stereocenters. The fourth-order valence-electron chi connectivity index (χ4n) is 5.91. The van der Waals surface area contributed by atoms with Gasteiger partial charge in [0.25, 0.3) is 0 Å². The average molecular weight is 516 g/mol. The normalized spacial score (nSPS) is 13.6. The zero-order valence-electron chi connectivity index (χ0n) is 21.7. The average Bonchev–Trinajstić information content (AvgIpc) is 3.59. The Balaban J connectivity index is 1.29. The first kappa shape index (κ1) is 22.7. The first-order valence-electron chi connectivity index (χ1n) is 13.5. The molecule has 1 aliphatic heterocycles. The maximum atomic E-state index is 6.77. The van der Waals surface area contributed by atoms with E-state index in [2.05, 4.69) is 114 Å². The van der Waals surface area contributed by atoms with Crippen LogP contribution >= 0.6 is 0 Å². The molecular weight excluding hydrogens is 490 g/mol. The quantitative estimate of drug-likeness (QED) is 0.233. The molecule has 0 saturated heterocycles. The molecule has 0 bridgehead atoms. The van der Waals surface area contributed by atoms with E-state index in [-0.39, 0.29) is 0 Å². The van der Waals surface area contributed by atoms with Crippen LogP contribution in [0.25, 0.3) is 38.6 Å². The number of hydrogen-bond donors (Lipinski definition) is 0. The van der Waals surface area contributed by atoms with Crippen molar-refractivity contribution in [3.05, 3.63) is 163 Å². The summed E-state index contributed by atoms with van der Waals surface area (Å²) in [4.78, 5) is 0. The summed E-state index contributed by atoms with van der Waals surface area (Å²) in [6, 6.07) is 52.4. The molecule has 0 unspecified atom stereocenters. The number of hydrogen-bond acceptors (Lipinski definition) is 2. The van der Waals surface area contributed by atoms with Crippen LogP contribution < -0.4 is 9.47 Å². The molecule has 6 aromatic carbocycles. The van der Waals surface area contributed by atoms with Crippen molar-refractivity contribution < 1.29 is 9.47 Å². The minimum atomic E-state index is -1.05. The van der Waals surface area contributed by atoms with Crippen LogP contribution in [-0.4, -0.2) is 4.57 Å². The molecule has 0 radical (unpaired) electrons. The van der Waals surface area contributed by atoms with Gasteiger partial charge in [0.15, 0.2) is 11.5 Å². The predicted octanol–water partition coefficient (Wildman–Crippen LogP) is 9.12. The van der Waals surface area contributed by atoms with Gasteiger partial charge in [0, 0.05) is 28.0 Å². The summed E-state index contributed by atoms with van der Waals surface area (Å²) in [6.45, 7) is 0. The molecule has 7 aromatic rings. The van der Waals surface area contributed by atoms with Crippen molar-refractivity contribution in [1.29, 1.82) is 0 Å². The minimum absolute atomic E-state index is 0.719. The van der Waals surface area contributed by atoms with E-state index in [4.69, 9.17) is 9.47 Å². The van der Waals surface area contributed by atoms with Crippen LogP contribution in [0.1, 0.15) is 11.1 Å². The Labute approximate surface area is 232 Å². The Morgan fingerprint density at radius 3 is 1.75 bits per heavy atom. The van der Waals surface area contributed by atoms with Gasteiger partial charge in [-0.3, -0.25) is 0 Å². The van der Waals surface area contributed by atoms with Gasteiger partial charge in [-0.15, -0.1) is 0 Å². The summed E-state index contributed by atoms with van der Waals surface area (Å²) in [5.41, 5.74) is 7.64. The van der Waals surface area contributed by atoms with E-state index in [1.54, 1.807) is 0 Å². The molecule has 2 heterocycles. The van der Waals surface area contributed by atoms with Crippen LogP contribution in [0.3, 0.4) is 0 Å². The SMILES string of the molecule is c1ccc(-c2ccc3c(c2)c2ccccc2n3-c2ccc3c(c2)OC(c2ccccc2)(c2ccccc2)O3)cc1. The van der Waals surface area contributed by atoms with Crippen LogP contribution in [0.5, 0.6) is 11.5 Å². The van der Waals surface area contributed by atoms with Gasteiger partial charge in [-0.1, -0.05) is 115 Å². The zero-order chi connectivity index (χ0) is 26.5. The second-order valence-corrected chi connectivity index (χ2v) is 10.1. The van der Waals surface area contributed by atoms with Gasteiger partial charge < -0.3 is 14.0 Å². The monoisotopic (exact) mass is 515 g/mol. The van der Waals surface area contributed by atoms with E-state index >= 15 is 0 Å². The Morgan fingerprint density at radius 2 is 1.02 bits per heavy atom. The molecule has 1 aliphatic rings. The highest BCUT2D eigenvalue weighted by Crippen LogP contribution is 2.49. The lowest BCUT2D eigenvalue weighted by atomic mass is 9.97. The summed E-state index contributed by atoms with van der Waals surface area (Å²) in [7, 11) is 0. The molecular formula is C37H25NO2. The predicted molar refractivity (Wildman–Crippen MR) is 161 cm³/mol. The number of ether oxygens (including phenoxy) is 2. The van der Waals surface area contributed by atoms with Crippen LogP contribution in [0, 0.1) is 0 Å². The van der Waals surface area contributed by atoms with Gasteiger partial charge in [-0.25, -0.2) is 0 Å². The molecule has 1 aromatic heterocycles. The minimum Gasteiger partial charge on any atom is -0.440 e. The molecule has 0 fully saturated rings. The first-order valence-corrected chi connectivity index (χ1v) is 13.5. The molecule has 0 saturated carbocycles. The molecule has 3 heteroatoms. The van der Waals surface area contributed by atoms with Crippen LogP contribution in [0.15, 0.2) is 152 Å². The summed E-state index contributed by atoms with van der Waals surface area (Å²) in [5, 5.41) is 2.44. The van der Waals surface area contributed by atoms with Crippen LogP contribution in [0.2, 0.25) is 0 Å². The van der Waals surface area contributed by atoms with Crippen molar-refractivity contribution in [2.24, 2.45) is 0 Å². The molecule has 190 valence electrons. The van der Waals surface area contributed by atoms with Crippen molar-refractivity contribution >= 4 is 21.8 Å². The highest BCUT2D eigenvalue weighted by Gasteiger charge is 2.45. The fraction of sp³-hybridized carbons (Fsp3) is 0.0270. The molecule has 0 aliphatic carbocycles. The van der Waals surface area contributed by atoms with E-state index in [0.29, 0.717) is 0 Å². The van der Waals surface area contributed by atoms with Crippen molar-refractivity contribution in [2.45, 2.75) is 5.79 Å². The summed E-state index contributed by atoms with van der Waals surface area (Å²) in [5.74, 6) is 0.398. The van der Waals surface area contributed by atoms with Gasteiger partial charge in [-0.2, -0.15) is 0 Å². The smallest absolute Gasteiger partial charge is 0.305 e. The Kier molecular flexibility index (Phi) is 5.04. The Bertz CT molecular complexity index is 1950. The van der Waals surface area contributed by atoms with E-state index < -0.39 is 5.79 Å². The molecule has 40 heavy (non-hydrogen) atoms. The van der Waals surface area contributed by atoms with Crippen LogP contribution in [-0.2, 0) is 5.79 Å². The molecule has 0 amide bonds. The van der Waals surface area contributed by atoms with Crippen molar-refractivity contribution in [2.75, 3.05) is 0 Å². The topological polar surface area (TPSA) is 23.4 Å². The lowest BCUT2D eigenvalue weighted by molar-refractivity contribution is -0.0459. The third kappa shape index (κ3) is 3.45. The second-order valence-electron chi connectivity index (χ2n) is 10.1. The van der Waals surface area contributed by atoms with Gasteiger partial charge in [0.2, 0.25) is 0 Å². The fourth-order valence-corrected chi connectivity index (χ4v) is 5.91. The van der Waals surface area contributed by atoms with E-state index in [9.17, 15) is 0 Å². The number of para-hydroxylation sites is 1. The molecule has 3 nitrogen and oxygen atoms in total. The first-order chi connectivity index (χ1) is 19.8. The highest BCUT2D eigenvalue weighted by atomic mass is 16.7. The number of nitrogens with zero attached hydrogens (tertiary/aromatic N) is 1. The summed E-state index contributed by atoms with van der Waals surface area (Å²) < 4.78 is 15.7. The third-order valence-electron chi connectivity index (χ3n) is 7.78. The lowest BCUT2D eigenvalue weighted by Crippen LogP contribution is -2.36. The van der Waals surface area contributed by atoms with Crippen LogP contribution in [0.4, 0.5) is 0 Å².